The number of nitrogens with zero attached hydrogens (tertiary/aromatic N) is 3. The van der Waals surface area contributed by atoms with Crippen LogP contribution in [0.2, 0.25) is 0 Å². The minimum atomic E-state index is -3.20. The molecule has 0 saturated carbocycles. The number of amides is 1. The molecule has 3 aromatic rings. The van der Waals surface area contributed by atoms with Crippen molar-refractivity contribution in [3.63, 3.8) is 0 Å². The zero-order valence-corrected chi connectivity index (χ0v) is 20.7. The smallest absolute Gasteiger partial charge is 0.251 e. The SMILES string of the molecule is CN([C@H]1CCN(c2ccc(-c3cnc(N)c(-c4ccc5c(c4)CCNC5=O)c3)cc2)C1)S(C)(=O)=O. The van der Waals surface area contributed by atoms with E-state index in [1.807, 2.05) is 24.3 Å². The maximum Gasteiger partial charge on any atom is 0.251 e. The van der Waals surface area contributed by atoms with Crippen molar-refractivity contribution in [2.75, 3.05) is 43.6 Å². The van der Waals surface area contributed by atoms with Gasteiger partial charge in [0.05, 0.1) is 6.26 Å². The Hall–Kier alpha value is -3.43. The summed E-state index contributed by atoms with van der Waals surface area (Å²) in [6.45, 7) is 2.12. The van der Waals surface area contributed by atoms with E-state index in [9.17, 15) is 13.2 Å². The van der Waals surface area contributed by atoms with Gasteiger partial charge in [-0.1, -0.05) is 24.3 Å². The number of fused-ring (bicyclic) bond motifs is 1. The average Bonchev–Trinajstić information content (AvgIpc) is 3.33. The number of carbonyl (C=O) groups is 1. The minimum Gasteiger partial charge on any atom is -0.383 e. The van der Waals surface area contributed by atoms with Crippen molar-refractivity contribution in [2.24, 2.45) is 0 Å². The van der Waals surface area contributed by atoms with Gasteiger partial charge in [0.2, 0.25) is 10.0 Å². The van der Waals surface area contributed by atoms with Gasteiger partial charge in [-0.2, -0.15) is 0 Å². The topological polar surface area (TPSA) is 109 Å². The summed E-state index contributed by atoms with van der Waals surface area (Å²) in [5.41, 5.74) is 12.8. The normalized spacial score (nSPS) is 18.0. The van der Waals surface area contributed by atoms with E-state index in [4.69, 9.17) is 5.73 Å². The van der Waals surface area contributed by atoms with E-state index in [2.05, 4.69) is 39.5 Å². The molecular formula is C26H29N5O3S. The van der Waals surface area contributed by atoms with Crippen molar-refractivity contribution in [1.29, 1.82) is 0 Å². The zero-order chi connectivity index (χ0) is 24.7. The molecule has 9 heteroatoms. The molecule has 1 saturated heterocycles. The highest BCUT2D eigenvalue weighted by atomic mass is 32.2. The highest BCUT2D eigenvalue weighted by Crippen LogP contribution is 2.33. The fourth-order valence-electron chi connectivity index (χ4n) is 4.87. The van der Waals surface area contributed by atoms with Gasteiger partial charge in [0.1, 0.15) is 5.82 Å². The van der Waals surface area contributed by atoms with Crippen LogP contribution in [0.15, 0.2) is 54.7 Å². The Labute approximate surface area is 205 Å². The van der Waals surface area contributed by atoms with Crippen molar-refractivity contribution < 1.29 is 13.2 Å². The van der Waals surface area contributed by atoms with Gasteiger partial charge < -0.3 is 16.0 Å². The van der Waals surface area contributed by atoms with Crippen molar-refractivity contribution in [3.8, 4) is 22.3 Å². The lowest BCUT2D eigenvalue weighted by atomic mass is 9.94. The first-order valence-electron chi connectivity index (χ1n) is 11.7. The van der Waals surface area contributed by atoms with Gasteiger partial charge in [-0.3, -0.25) is 4.79 Å². The van der Waals surface area contributed by atoms with Crippen LogP contribution in [0.3, 0.4) is 0 Å². The maximum atomic E-state index is 12.1. The number of nitrogens with one attached hydrogen (secondary N) is 1. The predicted molar refractivity (Wildman–Crippen MR) is 139 cm³/mol. The Morgan fingerprint density at radius 1 is 1.06 bits per heavy atom. The summed E-state index contributed by atoms with van der Waals surface area (Å²) in [5, 5.41) is 2.87. The van der Waals surface area contributed by atoms with Crippen molar-refractivity contribution in [3.05, 3.63) is 65.9 Å². The third-order valence-corrected chi connectivity index (χ3v) is 8.37. The van der Waals surface area contributed by atoms with E-state index in [1.54, 1.807) is 13.2 Å². The lowest BCUT2D eigenvalue weighted by Crippen LogP contribution is -2.38. The second kappa shape index (κ2) is 8.98. The highest BCUT2D eigenvalue weighted by Gasteiger charge is 2.30. The minimum absolute atomic E-state index is 0.0174. The Balaban J connectivity index is 1.37. The van der Waals surface area contributed by atoms with E-state index >= 15 is 0 Å². The number of hydrogen-bond donors (Lipinski definition) is 2. The molecule has 0 radical (unpaired) electrons. The van der Waals surface area contributed by atoms with Crippen LogP contribution in [-0.4, -0.2) is 62.6 Å². The number of benzene rings is 2. The van der Waals surface area contributed by atoms with Crippen molar-refractivity contribution in [1.82, 2.24) is 14.6 Å². The fourth-order valence-corrected chi connectivity index (χ4v) is 5.58. The molecule has 0 aliphatic carbocycles. The quantitative estimate of drug-likeness (QED) is 0.568. The molecule has 1 atom stereocenters. The van der Waals surface area contributed by atoms with Crippen LogP contribution in [0.25, 0.3) is 22.3 Å². The van der Waals surface area contributed by atoms with Crippen LogP contribution in [0.1, 0.15) is 22.3 Å². The molecule has 1 amide bonds. The lowest BCUT2D eigenvalue weighted by molar-refractivity contribution is 0.0946. The van der Waals surface area contributed by atoms with Gasteiger partial charge in [-0.05, 0) is 53.8 Å². The second-order valence-electron chi connectivity index (χ2n) is 9.25. The molecule has 35 heavy (non-hydrogen) atoms. The molecule has 3 N–H and O–H groups in total. The summed E-state index contributed by atoms with van der Waals surface area (Å²) in [5.74, 6) is 0.411. The van der Waals surface area contributed by atoms with E-state index in [0.717, 1.165) is 52.9 Å². The summed E-state index contributed by atoms with van der Waals surface area (Å²) in [6, 6.07) is 16.1. The average molecular weight is 492 g/mol. The predicted octanol–water partition coefficient (Wildman–Crippen LogP) is 2.75. The van der Waals surface area contributed by atoms with Crippen LogP contribution in [0.5, 0.6) is 0 Å². The third-order valence-electron chi connectivity index (χ3n) is 7.03. The van der Waals surface area contributed by atoms with Crippen LogP contribution in [-0.2, 0) is 16.4 Å². The summed E-state index contributed by atoms with van der Waals surface area (Å²) >= 11 is 0. The monoisotopic (exact) mass is 491 g/mol. The summed E-state index contributed by atoms with van der Waals surface area (Å²) < 4.78 is 25.2. The summed E-state index contributed by atoms with van der Waals surface area (Å²) in [4.78, 5) is 18.7. The van der Waals surface area contributed by atoms with Gasteiger partial charge >= 0.3 is 0 Å². The molecule has 1 aromatic heterocycles. The molecule has 3 heterocycles. The van der Waals surface area contributed by atoms with Crippen molar-refractivity contribution >= 4 is 27.4 Å². The Bertz CT molecular complexity index is 1390. The number of sulfonamides is 1. The zero-order valence-electron chi connectivity index (χ0n) is 19.9. The summed E-state index contributed by atoms with van der Waals surface area (Å²) in [7, 11) is -1.56. The second-order valence-corrected chi connectivity index (χ2v) is 11.3. The standard InChI is InChI=1S/C26H29N5O3S/c1-30(35(2,33)34)22-10-12-31(16-22)21-6-3-17(4-7-21)20-14-24(25(27)29-15-20)18-5-8-23-19(13-18)9-11-28-26(23)32/h3-8,13-15,22H,9-12,16H2,1-2H3,(H2,27,29)(H,28,32)/t22-/m0/s1. The number of anilines is 2. The molecule has 5 rings (SSSR count). The third kappa shape index (κ3) is 4.61. The first-order chi connectivity index (χ1) is 16.7. The van der Waals surface area contributed by atoms with Crippen LogP contribution in [0, 0.1) is 0 Å². The molecule has 8 nitrogen and oxygen atoms in total. The molecule has 182 valence electrons. The number of likely N-dealkylation sites (N-methyl/N-ethyl adjacent to an activating group) is 1. The number of aromatic nitrogens is 1. The van der Waals surface area contributed by atoms with E-state index in [-0.39, 0.29) is 11.9 Å². The Morgan fingerprint density at radius 3 is 2.54 bits per heavy atom. The summed E-state index contributed by atoms with van der Waals surface area (Å²) in [6.07, 6.45) is 4.62. The molecule has 2 aliphatic rings. The van der Waals surface area contributed by atoms with Crippen molar-refractivity contribution in [2.45, 2.75) is 18.9 Å². The molecular weight excluding hydrogens is 462 g/mol. The molecule has 2 aliphatic heterocycles. The van der Waals surface area contributed by atoms with E-state index < -0.39 is 10.0 Å². The largest absolute Gasteiger partial charge is 0.383 e. The first kappa shape index (κ1) is 23.3. The number of pyridine rings is 1. The molecule has 2 aromatic carbocycles. The Morgan fingerprint density at radius 2 is 1.80 bits per heavy atom. The number of hydrogen-bond acceptors (Lipinski definition) is 6. The molecule has 0 spiro atoms. The molecule has 1 fully saturated rings. The maximum absolute atomic E-state index is 12.1. The van der Waals surface area contributed by atoms with Gasteiger partial charge in [-0.25, -0.2) is 17.7 Å². The lowest BCUT2D eigenvalue weighted by Gasteiger charge is -2.23. The number of nitrogens with two attached hydrogens (primary N) is 1. The fraction of sp³-hybridized carbons (Fsp3) is 0.308. The van der Waals surface area contributed by atoms with Gasteiger partial charge in [0.25, 0.3) is 5.91 Å². The van der Waals surface area contributed by atoms with Gasteiger partial charge in [0, 0.05) is 61.3 Å². The molecule has 0 unspecified atom stereocenters. The van der Waals surface area contributed by atoms with Gasteiger partial charge in [0.15, 0.2) is 0 Å². The van der Waals surface area contributed by atoms with Crippen LogP contribution < -0.4 is 16.0 Å². The number of rotatable bonds is 5. The highest BCUT2D eigenvalue weighted by molar-refractivity contribution is 7.88. The van der Waals surface area contributed by atoms with E-state index in [0.29, 0.717) is 24.5 Å². The molecule has 0 bridgehead atoms. The van der Waals surface area contributed by atoms with Gasteiger partial charge in [-0.15, -0.1) is 0 Å². The first-order valence-corrected chi connectivity index (χ1v) is 13.5. The van der Waals surface area contributed by atoms with Crippen LogP contribution in [0.4, 0.5) is 11.5 Å². The number of nitrogen functional groups attached to an aromatic ring is 1. The van der Waals surface area contributed by atoms with Crippen LogP contribution >= 0.6 is 0 Å². The Kier molecular flexibility index (Phi) is 5.98. The number of carbonyl (C=O) groups excluding carboxylic acids is 1. The van der Waals surface area contributed by atoms with E-state index in [1.165, 1.54) is 10.6 Å².